The molecule has 4 heteroatoms. The van der Waals surface area contributed by atoms with Crippen molar-refractivity contribution in [3.63, 3.8) is 0 Å². The Morgan fingerprint density at radius 2 is 2.36 bits per heavy atom. The van der Waals surface area contributed by atoms with Crippen molar-refractivity contribution in [1.29, 1.82) is 0 Å². The van der Waals surface area contributed by atoms with Gasteiger partial charge in [-0.05, 0) is 6.08 Å². The number of ether oxygens (including phenoxy) is 1. The number of rotatable bonds is 4. The molecule has 64 valence electrons. The monoisotopic (exact) mass is 159 g/mol. The molecule has 0 aliphatic carbocycles. The molecule has 0 fully saturated rings. The van der Waals surface area contributed by atoms with Crippen LogP contribution in [-0.2, 0) is 4.74 Å². The van der Waals surface area contributed by atoms with Crippen LogP contribution in [0, 0.1) is 16.0 Å². The minimum Gasteiger partial charge on any atom is -0.384 e. The van der Waals surface area contributed by atoms with Crippen molar-refractivity contribution in [2.24, 2.45) is 5.92 Å². The summed E-state index contributed by atoms with van der Waals surface area (Å²) in [6.45, 7) is 3.87. The molecule has 0 aromatic rings. The minimum atomic E-state index is -0.397. The lowest BCUT2D eigenvalue weighted by atomic mass is 10.2. The summed E-state index contributed by atoms with van der Waals surface area (Å²) in [4.78, 5) is 9.74. The van der Waals surface area contributed by atoms with Crippen LogP contribution in [0.5, 0.6) is 0 Å². The average Bonchev–Trinajstić information content (AvgIpc) is 1.87. The Labute approximate surface area is 66.0 Å². The molecule has 0 aromatic heterocycles. The highest BCUT2D eigenvalue weighted by atomic mass is 16.6. The van der Waals surface area contributed by atoms with E-state index in [-0.39, 0.29) is 11.6 Å². The lowest BCUT2D eigenvalue weighted by Crippen LogP contribution is -2.03. The van der Waals surface area contributed by atoms with Crippen molar-refractivity contribution >= 4 is 0 Å². The third-order valence-corrected chi connectivity index (χ3v) is 1.24. The highest BCUT2D eigenvalue weighted by Gasteiger charge is 2.05. The number of methoxy groups -OCH3 is 1. The van der Waals surface area contributed by atoms with Gasteiger partial charge in [0.2, 0.25) is 5.70 Å². The molecule has 1 atom stereocenters. The van der Waals surface area contributed by atoms with Gasteiger partial charge in [-0.1, -0.05) is 6.92 Å². The van der Waals surface area contributed by atoms with Crippen molar-refractivity contribution in [3.8, 4) is 0 Å². The normalized spacial score (nSPS) is 14.6. The van der Waals surface area contributed by atoms with E-state index in [1.807, 2.05) is 6.92 Å². The highest BCUT2D eigenvalue weighted by molar-refractivity contribution is 4.90. The maximum atomic E-state index is 10.1. The van der Waals surface area contributed by atoms with Crippen molar-refractivity contribution in [1.82, 2.24) is 0 Å². The summed E-state index contributed by atoms with van der Waals surface area (Å²) in [5.74, 6) is 0.102. The number of allylic oxidation sites excluding steroid dienone is 1. The molecule has 0 aromatic carbocycles. The average molecular weight is 159 g/mol. The van der Waals surface area contributed by atoms with Gasteiger partial charge in [0.15, 0.2) is 0 Å². The first kappa shape index (κ1) is 10.1. The van der Waals surface area contributed by atoms with Crippen molar-refractivity contribution in [2.45, 2.75) is 13.8 Å². The third kappa shape index (κ3) is 4.50. The Morgan fingerprint density at radius 3 is 2.73 bits per heavy atom. The summed E-state index contributed by atoms with van der Waals surface area (Å²) < 4.78 is 4.82. The zero-order chi connectivity index (χ0) is 8.85. The number of nitro groups is 1. The second kappa shape index (κ2) is 4.85. The quantitative estimate of drug-likeness (QED) is 0.460. The van der Waals surface area contributed by atoms with Crippen LogP contribution in [0.3, 0.4) is 0 Å². The first-order chi connectivity index (χ1) is 5.07. The molecule has 0 N–H and O–H groups in total. The predicted octanol–water partition coefficient (Wildman–Crippen LogP) is 1.45. The molecule has 1 unspecified atom stereocenters. The van der Waals surface area contributed by atoms with Crippen LogP contribution in [0.1, 0.15) is 13.8 Å². The molecule has 11 heavy (non-hydrogen) atoms. The van der Waals surface area contributed by atoms with E-state index in [0.29, 0.717) is 6.61 Å². The smallest absolute Gasteiger partial charge is 0.239 e. The Kier molecular flexibility index (Phi) is 4.45. The van der Waals surface area contributed by atoms with Crippen molar-refractivity contribution < 1.29 is 9.66 Å². The summed E-state index contributed by atoms with van der Waals surface area (Å²) in [6.07, 6.45) is 1.59. The Balaban J connectivity index is 3.96. The van der Waals surface area contributed by atoms with Gasteiger partial charge in [0.1, 0.15) is 0 Å². The Bertz CT molecular complexity index is 165. The van der Waals surface area contributed by atoms with E-state index in [4.69, 9.17) is 4.74 Å². The van der Waals surface area contributed by atoms with E-state index in [1.165, 1.54) is 6.92 Å². The van der Waals surface area contributed by atoms with Gasteiger partial charge in [0.05, 0.1) is 11.5 Å². The molecule has 0 spiro atoms. The predicted molar refractivity (Wildman–Crippen MR) is 41.8 cm³/mol. The highest BCUT2D eigenvalue weighted by Crippen LogP contribution is 2.02. The Hall–Kier alpha value is -0.900. The maximum absolute atomic E-state index is 10.1. The van der Waals surface area contributed by atoms with E-state index >= 15 is 0 Å². The zero-order valence-electron chi connectivity index (χ0n) is 7.03. The molecule has 0 amide bonds. The number of nitrogens with zero attached hydrogens (tertiary/aromatic N) is 1. The van der Waals surface area contributed by atoms with Gasteiger partial charge in [0.25, 0.3) is 0 Å². The van der Waals surface area contributed by atoms with Gasteiger partial charge in [0, 0.05) is 20.0 Å². The standard InChI is InChI=1S/C7H13NO3/c1-6(5-11-3)4-7(2)8(9)10/h4,6H,5H2,1-3H3/b7-4-. The van der Waals surface area contributed by atoms with Crippen molar-refractivity contribution in [2.75, 3.05) is 13.7 Å². The number of hydrogen-bond acceptors (Lipinski definition) is 3. The molecule has 0 heterocycles. The maximum Gasteiger partial charge on any atom is 0.239 e. The summed E-state index contributed by atoms with van der Waals surface area (Å²) in [5, 5.41) is 10.1. The largest absolute Gasteiger partial charge is 0.384 e. The fourth-order valence-electron chi connectivity index (χ4n) is 0.784. The zero-order valence-corrected chi connectivity index (χ0v) is 7.03. The van der Waals surface area contributed by atoms with Crippen molar-refractivity contribution in [3.05, 3.63) is 21.9 Å². The summed E-state index contributed by atoms with van der Waals surface area (Å²) in [7, 11) is 1.58. The molecule has 0 aliphatic heterocycles. The van der Waals surface area contributed by atoms with Crippen LogP contribution >= 0.6 is 0 Å². The fourth-order valence-corrected chi connectivity index (χ4v) is 0.784. The fraction of sp³-hybridized carbons (Fsp3) is 0.714. The second-order valence-corrected chi connectivity index (χ2v) is 2.50. The van der Waals surface area contributed by atoms with Crippen LogP contribution in [0.25, 0.3) is 0 Å². The van der Waals surface area contributed by atoms with Gasteiger partial charge >= 0.3 is 0 Å². The van der Waals surface area contributed by atoms with Crippen LogP contribution < -0.4 is 0 Å². The molecular formula is C7H13NO3. The summed E-state index contributed by atoms with van der Waals surface area (Å²) in [5.41, 5.74) is 0.176. The molecule has 0 radical (unpaired) electrons. The van der Waals surface area contributed by atoms with Crippen LogP contribution in [0.15, 0.2) is 11.8 Å². The summed E-state index contributed by atoms with van der Waals surface area (Å²) in [6, 6.07) is 0. The van der Waals surface area contributed by atoms with Crippen LogP contribution in [0.2, 0.25) is 0 Å². The Morgan fingerprint density at radius 1 is 1.82 bits per heavy atom. The lowest BCUT2D eigenvalue weighted by molar-refractivity contribution is -0.424. The molecule has 0 saturated heterocycles. The van der Waals surface area contributed by atoms with E-state index in [0.717, 1.165) is 0 Å². The summed E-state index contributed by atoms with van der Waals surface area (Å²) >= 11 is 0. The molecular weight excluding hydrogens is 146 g/mol. The molecule has 0 bridgehead atoms. The molecule has 4 nitrogen and oxygen atoms in total. The first-order valence-electron chi connectivity index (χ1n) is 3.39. The van der Waals surface area contributed by atoms with Crippen LogP contribution in [0.4, 0.5) is 0 Å². The van der Waals surface area contributed by atoms with Gasteiger partial charge in [-0.3, -0.25) is 10.1 Å². The van der Waals surface area contributed by atoms with E-state index in [2.05, 4.69) is 0 Å². The van der Waals surface area contributed by atoms with E-state index in [1.54, 1.807) is 13.2 Å². The van der Waals surface area contributed by atoms with Gasteiger partial charge in [-0.15, -0.1) is 0 Å². The topological polar surface area (TPSA) is 52.4 Å². The van der Waals surface area contributed by atoms with Gasteiger partial charge in [-0.2, -0.15) is 0 Å². The minimum absolute atomic E-state index is 0.102. The van der Waals surface area contributed by atoms with Gasteiger partial charge in [-0.25, -0.2) is 0 Å². The molecule has 0 saturated carbocycles. The SMILES string of the molecule is COCC(C)/C=C(/C)[N+](=O)[O-]. The first-order valence-corrected chi connectivity index (χ1v) is 3.39. The van der Waals surface area contributed by atoms with E-state index in [9.17, 15) is 10.1 Å². The van der Waals surface area contributed by atoms with Gasteiger partial charge < -0.3 is 4.74 Å². The lowest BCUT2D eigenvalue weighted by Gasteiger charge is -2.02. The third-order valence-electron chi connectivity index (χ3n) is 1.24. The molecule has 0 aliphatic rings. The van der Waals surface area contributed by atoms with Crippen LogP contribution in [-0.4, -0.2) is 18.6 Å². The molecule has 0 rings (SSSR count). The number of hydrogen-bond donors (Lipinski definition) is 0. The van der Waals surface area contributed by atoms with E-state index < -0.39 is 4.92 Å². The second-order valence-electron chi connectivity index (χ2n) is 2.50.